The molecule has 1 atom stereocenters. The number of rotatable bonds is 6. The van der Waals surface area contributed by atoms with Gasteiger partial charge in [-0.05, 0) is 83.1 Å². The Labute approximate surface area is 228 Å². The monoisotopic (exact) mass is 522 g/mol. The molecule has 0 radical (unpaired) electrons. The SMILES string of the molecule is CCC(N(NC(=O)c1cccc(OC)c1C)C(=O)c1cc(C)cc(B2OC(C)(C)C(C)(C)O2)c1)C(C)(C)C. The summed E-state index contributed by atoms with van der Waals surface area (Å²) in [6.45, 7) is 20.0. The molecule has 0 bridgehead atoms. The maximum absolute atomic E-state index is 14.1. The van der Waals surface area contributed by atoms with Crippen LogP contribution in [0.1, 0.15) is 93.7 Å². The normalized spacial score (nSPS) is 17.2. The highest BCUT2D eigenvalue weighted by Gasteiger charge is 2.52. The Morgan fingerprint density at radius 3 is 2.18 bits per heavy atom. The molecular formula is C30H43BN2O5. The first kappa shape index (κ1) is 29.7. The predicted octanol–water partition coefficient (Wildman–Crippen LogP) is 5.22. The van der Waals surface area contributed by atoms with E-state index in [1.165, 1.54) is 5.01 Å². The molecule has 1 saturated heterocycles. The molecule has 0 spiro atoms. The molecule has 1 fully saturated rings. The number of carbonyl (C=O) groups excluding carboxylic acids is 2. The first-order valence-electron chi connectivity index (χ1n) is 13.3. The molecule has 0 aliphatic carbocycles. The quantitative estimate of drug-likeness (QED) is 0.416. The first-order valence-corrected chi connectivity index (χ1v) is 13.3. The number of hydrogen-bond donors (Lipinski definition) is 1. The van der Waals surface area contributed by atoms with Crippen LogP contribution in [0, 0.1) is 19.3 Å². The van der Waals surface area contributed by atoms with Crippen LogP contribution in [-0.2, 0) is 9.31 Å². The van der Waals surface area contributed by atoms with Crippen molar-refractivity contribution in [1.82, 2.24) is 10.4 Å². The van der Waals surface area contributed by atoms with Gasteiger partial charge in [-0.3, -0.25) is 15.0 Å². The Kier molecular flexibility index (Phi) is 8.40. The van der Waals surface area contributed by atoms with Gasteiger partial charge in [0.15, 0.2) is 0 Å². The van der Waals surface area contributed by atoms with E-state index in [1.54, 1.807) is 19.2 Å². The molecule has 1 aliphatic heterocycles. The maximum Gasteiger partial charge on any atom is 0.494 e. The molecule has 1 N–H and O–H groups in total. The molecule has 7 nitrogen and oxygen atoms in total. The van der Waals surface area contributed by atoms with Crippen LogP contribution in [0.5, 0.6) is 5.75 Å². The van der Waals surface area contributed by atoms with Crippen molar-refractivity contribution in [1.29, 1.82) is 0 Å². The summed E-state index contributed by atoms with van der Waals surface area (Å²) in [5, 5.41) is 1.49. The average Bonchev–Trinajstić information content (AvgIpc) is 3.04. The zero-order chi connectivity index (χ0) is 28.6. The Balaban J connectivity index is 2.02. The van der Waals surface area contributed by atoms with Crippen molar-refractivity contribution in [2.75, 3.05) is 7.11 Å². The molecule has 1 heterocycles. The lowest BCUT2D eigenvalue weighted by atomic mass is 9.77. The van der Waals surface area contributed by atoms with Gasteiger partial charge < -0.3 is 14.0 Å². The Morgan fingerprint density at radius 1 is 1.05 bits per heavy atom. The minimum Gasteiger partial charge on any atom is -0.496 e. The van der Waals surface area contributed by atoms with Crippen LogP contribution < -0.4 is 15.6 Å². The molecule has 1 unspecified atom stereocenters. The summed E-state index contributed by atoms with van der Waals surface area (Å²) in [6.07, 6.45) is 0.655. The second-order valence-electron chi connectivity index (χ2n) is 12.3. The lowest BCUT2D eigenvalue weighted by Gasteiger charge is -2.39. The van der Waals surface area contributed by atoms with Crippen LogP contribution in [0.4, 0.5) is 0 Å². The number of benzene rings is 2. The van der Waals surface area contributed by atoms with Crippen LogP contribution in [0.3, 0.4) is 0 Å². The van der Waals surface area contributed by atoms with E-state index in [0.717, 1.165) is 11.0 Å². The van der Waals surface area contributed by atoms with Crippen molar-refractivity contribution in [3.05, 3.63) is 58.7 Å². The van der Waals surface area contributed by atoms with Gasteiger partial charge in [0.2, 0.25) is 0 Å². The number of aryl methyl sites for hydroxylation is 1. The van der Waals surface area contributed by atoms with Crippen molar-refractivity contribution >= 4 is 24.4 Å². The highest BCUT2D eigenvalue weighted by molar-refractivity contribution is 6.62. The molecule has 206 valence electrons. The van der Waals surface area contributed by atoms with Gasteiger partial charge in [0.05, 0.1) is 24.4 Å². The van der Waals surface area contributed by atoms with E-state index >= 15 is 0 Å². The summed E-state index contributed by atoms with van der Waals surface area (Å²) in [6, 6.07) is 10.7. The van der Waals surface area contributed by atoms with E-state index < -0.39 is 18.3 Å². The minimum absolute atomic E-state index is 0.259. The van der Waals surface area contributed by atoms with Gasteiger partial charge in [-0.1, -0.05) is 45.4 Å². The van der Waals surface area contributed by atoms with Gasteiger partial charge >= 0.3 is 7.12 Å². The highest BCUT2D eigenvalue weighted by atomic mass is 16.7. The number of nitrogens with one attached hydrogen (secondary N) is 1. The fourth-order valence-corrected chi connectivity index (χ4v) is 4.89. The fourth-order valence-electron chi connectivity index (χ4n) is 4.89. The van der Waals surface area contributed by atoms with Gasteiger partial charge in [-0.25, -0.2) is 5.01 Å². The number of hydrogen-bond acceptors (Lipinski definition) is 5. The van der Waals surface area contributed by atoms with Gasteiger partial charge in [-0.2, -0.15) is 0 Å². The molecule has 8 heteroatoms. The lowest BCUT2D eigenvalue weighted by molar-refractivity contribution is 0.00578. The van der Waals surface area contributed by atoms with E-state index in [-0.39, 0.29) is 23.3 Å². The molecule has 3 rings (SSSR count). The van der Waals surface area contributed by atoms with E-state index in [2.05, 4.69) is 26.2 Å². The van der Waals surface area contributed by atoms with Gasteiger partial charge in [0.25, 0.3) is 11.8 Å². The topological polar surface area (TPSA) is 77.1 Å². The Morgan fingerprint density at radius 2 is 1.66 bits per heavy atom. The van der Waals surface area contributed by atoms with Crippen LogP contribution >= 0.6 is 0 Å². The maximum atomic E-state index is 14.1. The first-order chi connectivity index (χ1) is 17.5. The zero-order valence-corrected chi connectivity index (χ0v) is 24.8. The van der Waals surface area contributed by atoms with Gasteiger partial charge in [-0.15, -0.1) is 0 Å². The van der Waals surface area contributed by atoms with Crippen LogP contribution in [0.15, 0.2) is 36.4 Å². The predicted molar refractivity (Wildman–Crippen MR) is 152 cm³/mol. The van der Waals surface area contributed by atoms with Crippen molar-refractivity contribution in [2.24, 2.45) is 5.41 Å². The van der Waals surface area contributed by atoms with Crippen LogP contribution in [-0.4, -0.2) is 48.3 Å². The smallest absolute Gasteiger partial charge is 0.494 e. The molecule has 2 amide bonds. The standard InChI is InChI=1S/C30H43BN2O5/c1-12-25(28(4,5)6)33(32-26(34)23-14-13-15-24(36-11)20(23)3)27(35)21-16-19(2)17-22(18-21)31-37-29(7,8)30(9,10)38-31/h13-18,25H,12H2,1-11H3,(H,32,34). The second-order valence-corrected chi connectivity index (χ2v) is 12.3. The number of amides is 2. The van der Waals surface area contributed by atoms with Crippen molar-refractivity contribution in [2.45, 2.75) is 92.9 Å². The van der Waals surface area contributed by atoms with Crippen LogP contribution in [0.2, 0.25) is 0 Å². The van der Waals surface area contributed by atoms with Crippen molar-refractivity contribution in [3.63, 3.8) is 0 Å². The number of carbonyl (C=O) groups is 2. The van der Waals surface area contributed by atoms with Crippen molar-refractivity contribution < 1.29 is 23.6 Å². The summed E-state index contributed by atoms with van der Waals surface area (Å²) in [5.74, 6) is -0.0393. The summed E-state index contributed by atoms with van der Waals surface area (Å²) in [5.41, 5.74) is 4.94. The van der Waals surface area contributed by atoms with E-state index in [9.17, 15) is 9.59 Å². The van der Waals surface area contributed by atoms with Gasteiger partial charge in [0.1, 0.15) is 5.75 Å². The largest absolute Gasteiger partial charge is 0.496 e. The number of hydrazine groups is 1. The second kappa shape index (κ2) is 10.7. The van der Waals surface area contributed by atoms with Gasteiger partial charge in [0, 0.05) is 16.7 Å². The van der Waals surface area contributed by atoms with E-state index in [4.69, 9.17) is 14.0 Å². The summed E-state index contributed by atoms with van der Waals surface area (Å²) in [7, 11) is 0.973. The molecule has 0 aromatic heterocycles. The molecule has 0 saturated carbocycles. The van der Waals surface area contributed by atoms with E-state index in [0.29, 0.717) is 28.9 Å². The molecule has 1 aliphatic rings. The van der Waals surface area contributed by atoms with E-state index in [1.807, 2.05) is 72.7 Å². The third-order valence-electron chi connectivity index (χ3n) is 7.76. The number of methoxy groups -OCH3 is 1. The number of ether oxygens (including phenoxy) is 1. The fraction of sp³-hybridized carbons (Fsp3) is 0.533. The molecular weight excluding hydrogens is 479 g/mol. The third kappa shape index (κ3) is 5.91. The zero-order valence-electron chi connectivity index (χ0n) is 24.8. The van der Waals surface area contributed by atoms with Crippen molar-refractivity contribution in [3.8, 4) is 5.75 Å². The molecule has 2 aromatic rings. The van der Waals surface area contributed by atoms with Crippen LogP contribution in [0.25, 0.3) is 0 Å². The summed E-state index contributed by atoms with van der Waals surface area (Å²) in [4.78, 5) is 27.7. The summed E-state index contributed by atoms with van der Waals surface area (Å²) < 4.78 is 17.9. The molecule has 2 aromatic carbocycles. The minimum atomic E-state index is -0.599. The third-order valence-corrected chi connectivity index (χ3v) is 7.76. The number of nitrogens with zero attached hydrogens (tertiary/aromatic N) is 1. The highest BCUT2D eigenvalue weighted by Crippen LogP contribution is 2.36. The molecule has 38 heavy (non-hydrogen) atoms. The average molecular weight is 522 g/mol. The summed E-state index contributed by atoms with van der Waals surface area (Å²) >= 11 is 0. The lowest BCUT2D eigenvalue weighted by Crippen LogP contribution is -2.56. The Hall–Kier alpha value is -2.84. The Bertz CT molecular complexity index is 1190.